The number of nitrogens with one attached hydrogen (secondary N) is 2. The molecule has 0 amide bonds. The van der Waals surface area contributed by atoms with E-state index in [1.54, 1.807) is 13.8 Å². The lowest BCUT2D eigenvalue weighted by Crippen LogP contribution is -2.23. The monoisotopic (exact) mass is 257 g/mol. The molecule has 0 unspecified atom stereocenters. The fourth-order valence-electron chi connectivity index (χ4n) is 1.18. The van der Waals surface area contributed by atoms with E-state index in [1.165, 1.54) is 6.20 Å². The van der Waals surface area contributed by atoms with Crippen molar-refractivity contribution in [3.63, 3.8) is 0 Å². The molecule has 0 saturated heterocycles. The van der Waals surface area contributed by atoms with Gasteiger partial charge in [-0.05, 0) is 13.8 Å². The molecule has 2 aromatic rings. The van der Waals surface area contributed by atoms with Gasteiger partial charge in [-0.25, -0.2) is 18.1 Å². The minimum atomic E-state index is -3.62. The number of rotatable bonds is 4. The largest absolute Gasteiger partial charge is 0.338 e. The number of nitrogens with zero attached hydrogens (tertiary/aromatic N) is 3. The van der Waals surface area contributed by atoms with Crippen LogP contribution in [0.25, 0.3) is 0 Å². The van der Waals surface area contributed by atoms with Gasteiger partial charge < -0.3 is 9.51 Å². The Kier molecular flexibility index (Phi) is 2.94. The van der Waals surface area contributed by atoms with Gasteiger partial charge in [-0.1, -0.05) is 5.16 Å². The van der Waals surface area contributed by atoms with Gasteiger partial charge in [-0.3, -0.25) is 0 Å². The van der Waals surface area contributed by atoms with Crippen molar-refractivity contribution >= 4 is 10.0 Å². The van der Waals surface area contributed by atoms with Crippen LogP contribution in [0.2, 0.25) is 0 Å². The van der Waals surface area contributed by atoms with Crippen molar-refractivity contribution in [3.8, 4) is 0 Å². The molecule has 0 fully saturated rings. The second-order valence-electron chi connectivity index (χ2n) is 3.39. The summed E-state index contributed by atoms with van der Waals surface area (Å²) in [5, 5.41) is 3.56. The summed E-state index contributed by atoms with van der Waals surface area (Å²) in [5.74, 6) is 1.19. The molecule has 0 aliphatic carbocycles. The number of imidazole rings is 1. The lowest BCUT2D eigenvalue weighted by molar-refractivity contribution is 0.372. The summed E-state index contributed by atoms with van der Waals surface area (Å²) in [4.78, 5) is 10.3. The van der Waals surface area contributed by atoms with Crippen molar-refractivity contribution in [1.82, 2.24) is 24.8 Å². The van der Waals surface area contributed by atoms with E-state index in [0.717, 1.165) is 0 Å². The number of hydrogen-bond acceptors (Lipinski definition) is 6. The Morgan fingerprint density at radius 2 is 2.24 bits per heavy atom. The normalized spacial score (nSPS) is 11.9. The third-order valence-corrected chi connectivity index (χ3v) is 3.26. The van der Waals surface area contributed by atoms with Gasteiger partial charge in [0.2, 0.25) is 5.89 Å². The molecule has 8 nitrogen and oxygen atoms in total. The highest BCUT2D eigenvalue weighted by molar-refractivity contribution is 7.89. The predicted octanol–water partition coefficient (Wildman–Crippen LogP) is -0.112. The van der Waals surface area contributed by atoms with Crippen molar-refractivity contribution in [2.45, 2.75) is 25.4 Å². The van der Waals surface area contributed by atoms with E-state index < -0.39 is 10.0 Å². The lowest BCUT2D eigenvalue weighted by Gasteiger charge is -2.00. The van der Waals surface area contributed by atoms with Gasteiger partial charge in [0.15, 0.2) is 10.9 Å². The molecule has 0 spiro atoms. The number of aromatic nitrogens is 4. The molecule has 2 aromatic heterocycles. The number of sulfonamides is 1. The number of hydrogen-bond donors (Lipinski definition) is 2. The van der Waals surface area contributed by atoms with Crippen LogP contribution in [0.4, 0.5) is 0 Å². The lowest BCUT2D eigenvalue weighted by atomic mass is 10.6. The van der Waals surface area contributed by atoms with Gasteiger partial charge in [0, 0.05) is 0 Å². The van der Waals surface area contributed by atoms with Crippen LogP contribution in [0.5, 0.6) is 0 Å². The standard InChI is InChI=1S/C8H11N5O3S/c1-5-9-4-8(12-5)17(14,15)10-3-7-11-6(2)13-16-7/h4,10H,3H2,1-2H3,(H,9,12). The third kappa shape index (κ3) is 2.68. The Bertz CT molecular complexity index is 615. The second kappa shape index (κ2) is 4.26. The SMILES string of the molecule is Cc1noc(CNS(=O)(=O)c2cnc(C)[nH]2)n1. The van der Waals surface area contributed by atoms with E-state index in [0.29, 0.717) is 11.6 Å². The Labute approximate surface area is 97.5 Å². The van der Waals surface area contributed by atoms with Crippen LogP contribution < -0.4 is 4.72 Å². The molecule has 9 heteroatoms. The maximum absolute atomic E-state index is 11.8. The van der Waals surface area contributed by atoms with Crippen LogP contribution in [-0.4, -0.2) is 28.5 Å². The molecule has 0 saturated carbocycles. The van der Waals surface area contributed by atoms with Crippen LogP contribution >= 0.6 is 0 Å². The van der Waals surface area contributed by atoms with Crippen LogP contribution in [0, 0.1) is 13.8 Å². The third-order valence-electron chi connectivity index (χ3n) is 1.95. The van der Waals surface area contributed by atoms with Crippen molar-refractivity contribution in [1.29, 1.82) is 0 Å². The highest BCUT2D eigenvalue weighted by Crippen LogP contribution is 2.05. The molecule has 0 aromatic carbocycles. The molecule has 2 N–H and O–H groups in total. The highest BCUT2D eigenvalue weighted by atomic mass is 32.2. The van der Waals surface area contributed by atoms with Crippen molar-refractivity contribution < 1.29 is 12.9 Å². The van der Waals surface area contributed by atoms with E-state index in [2.05, 4.69) is 24.8 Å². The topological polar surface area (TPSA) is 114 Å². The zero-order valence-corrected chi connectivity index (χ0v) is 10.1. The summed E-state index contributed by atoms with van der Waals surface area (Å²) >= 11 is 0. The van der Waals surface area contributed by atoms with Gasteiger partial charge in [0.1, 0.15) is 5.82 Å². The summed E-state index contributed by atoms with van der Waals surface area (Å²) < 4.78 is 30.6. The molecule has 0 radical (unpaired) electrons. The molecule has 2 rings (SSSR count). The smallest absolute Gasteiger partial charge is 0.258 e. The second-order valence-corrected chi connectivity index (χ2v) is 5.13. The van der Waals surface area contributed by atoms with Crippen molar-refractivity contribution in [2.75, 3.05) is 0 Å². The summed E-state index contributed by atoms with van der Waals surface area (Å²) in [6, 6.07) is 0. The van der Waals surface area contributed by atoms with E-state index in [4.69, 9.17) is 4.52 Å². The first-order valence-corrected chi connectivity index (χ1v) is 6.26. The first-order chi connectivity index (χ1) is 7.97. The molecular formula is C8H11N5O3S. The Hall–Kier alpha value is -1.74. The van der Waals surface area contributed by atoms with Gasteiger partial charge in [-0.15, -0.1) is 0 Å². The highest BCUT2D eigenvalue weighted by Gasteiger charge is 2.17. The minimum absolute atomic E-state index is 0.00578. The molecule has 0 aliphatic rings. The average molecular weight is 257 g/mol. The molecule has 92 valence electrons. The van der Waals surface area contributed by atoms with Gasteiger partial charge in [0.25, 0.3) is 10.0 Å². The molecule has 0 atom stereocenters. The zero-order chi connectivity index (χ0) is 12.5. The van der Waals surface area contributed by atoms with Crippen molar-refractivity contribution in [2.24, 2.45) is 0 Å². The van der Waals surface area contributed by atoms with Crippen LogP contribution in [0.3, 0.4) is 0 Å². The Morgan fingerprint density at radius 3 is 2.76 bits per heavy atom. The fraction of sp³-hybridized carbons (Fsp3) is 0.375. The summed E-state index contributed by atoms with van der Waals surface area (Å²) in [7, 11) is -3.62. The molecule has 0 aliphatic heterocycles. The Balaban J connectivity index is 2.08. The number of H-pyrrole nitrogens is 1. The fourth-order valence-corrected chi connectivity index (χ4v) is 2.12. The quantitative estimate of drug-likeness (QED) is 0.789. The zero-order valence-electron chi connectivity index (χ0n) is 9.26. The maximum atomic E-state index is 11.8. The van der Waals surface area contributed by atoms with E-state index in [1.807, 2.05) is 0 Å². The maximum Gasteiger partial charge on any atom is 0.258 e. The van der Waals surface area contributed by atoms with Crippen LogP contribution in [0.15, 0.2) is 15.7 Å². The molecular weight excluding hydrogens is 246 g/mol. The molecule has 2 heterocycles. The Morgan fingerprint density at radius 1 is 1.47 bits per heavy atom. The molecule has 0 bridgehead atoms. The van der Waals surface area contributed by atoms with E-state index in [-0.39, 0.29) is 17.5 Å². The van der Waals surface area contributed by atoms with E-state index in [9.17, 15) is 8.42 Å². The van der Waals surface area contributed by atoms with E-state index >= 15 is 0 Å². The average Bonchev–Trinajstić information content (AvgIpc) is 2.85. The minimum Gasteiger partial charge on any atom is -0.338 e. The first-order valence-electron chi connectivity index (χ1n) is 4.78. The van der Waals surface area contributed by atoms with Gasteiger partial charge in [-0.2, -0.15) is 4.98 Å². The predicted molar refractivity (Wildman–Crippen MR) is 56.4 cm³/mol. The summed E-state index contributed by atoms with van der Waals surface area (Å²) in [5.41, 5.74) is 0. The van der Waals surface area contributed by atoms with Crippen LogP contribution in [-0.2, 0) is 16.6 Å². The molecule has 17 heavy (non-hydrogen) atoms. The summed E-state index contributed by atoms with van der Waals surface area (Å²) in [6.07, 6.45) is 1.25. The van der Waals surface area contributed by atoms with Gasteiger partial charge >= 0.3 is 0 Å². The van der Waals surface area contributed by atoms with Crippen LogP contribution in [0.1, 0.15) is 17.5 Å². The van der Waals surface area contributed by atoms with Crippen molar-refractivity contribution in [3.05, 3.63) is 23.7 Å². The van der Waals surface area contributed by atoms with Gasteiger partial charge in [0.05, 0.1) is 12.7 Å². The first kappa shape index (κ1) is 11.7. The number of aromatic amines is 1. The summed E-state index contributed by atoms with van der Waals surface area (Å²) in [6.45, 7) is 3.27. The number of aryl methyl sites for hydroxylation is 2.